The van der Waals surface area contributed by atoms with E-state index in [1.807, 2.05) is 12.1 Å². The molecular weight excluding hydrogens is 160 g/mol. The van der Waals surface area contributed by atoms with Crippen molar-refractivity contribution in [3.8, 4) is 0 Å². The average molecular weight is 174 g/mol. The number of aliphatic imine (C=N–C) groups is 1. The van der Waals surface area contributed by atoms with Crippen LogP contribution in [0.15, 0.2) is 42.0 Å². The van der Waals surface area contributed by atoms with E-state index in [9.17, 15) is 0 Å². The molecule has 1 N–H and O–H groups in total. The molecule has 0 aliphatic rings. The number of benzene rings is 1. The maximum absolute atomic E-state index is 3.84. The van der Waals surface area contributed by atoms with E-state index in [4.69, 9.17) is 0 Å². The van der Waals surface area contributed by atoms with Crippen LogP contribution in [0, 0.1) is 0 Å². The summed E-state index contributed by atoms with van der Waals surface area (Å²) in [5.41, 5.74) is 2.38. The van der Waals surface area contributed by atoms with Crippen LogP contribution in [0.25, 0.3) is 0 Å². The number of nitrogens with zero attached hydrogens (tertiary/aromatic N) is 1. The number of rotatable bonds is 4. The summed E-state index contributed by atoms with van der Waals surface area (Å²) in [4.78, 5) is 3.84. The molecule has 13 heavy (non-hydrogen) atoms. The number of hydrogen-bond acceptors (Lipinski definition) is 1. The minimum Gasteiger partial charge on any atom is -0.346 e. The summed E-state index contributed by atoms with van der Waals surface area (Å²) < 4.78 is 0. The predicted octanol–water partition coefficient (Wildman–Crippen LogP) is 2.83. The van der Waals surface area contributed by atoms with Crippen molar-refractivity contribution >= 4 is 12.0 Å². The summed E-state index contributed by atoms with van der Waals surface area (Å²) in [7, 11) is 0. The quantitative estimate of drug-likeness (QED) is 0.551. The van der Waals surface area contributed by atoms with Gasteiger partial charge >= 0.3 is 0 Å². The lowest BCUT2D eigenvalue weighted by atomic mass is 10.1. The van der Waals surface area contributed by atoms with Crippen LogP contribution >= 0.6 is 0 Å². The molecule has 1 aromatic rings. The SMILES string of the molecule is C=CN=CNc1ccc(CC)cc1. The Morgan fingerprint density at radius 3 is 2.62 bits per heavy atom. The normalized spacial score (nSPS) is 10.2. The second kappa shape index (κ2) is 5.14. The van der Waals surface area contributed by atoms with Crippen molar-refractivity contribution < 1.29 is 0 Å². The van der Waals surface area contributed by atoms with Gasteiger partial charge in [-0.2, -0.15) is 0 Å². The number of nitrogens with one attached hydrogen (secondary N) is 1. The van der Waals surface area contributed by atoms with E-state index in [0.717, 1.165) is 12.1 Å². The van der Waals surface area contributed by atoms with Gasteiger partial charge < -0.3 is 5.32 Å². The van der Waals surface area contributed by atoms with E-state index in [1.165, 1.54) is 11.8 Å². The fourth-order valence-electron chi connectivity index (χ4n) is 1.00. The smallest absolute Gasteiger partial charge is 0.0922 e. The molecule has 0 fully saturated rings. The molecule has 0 unspecified atom stereocenters. The molecule has 0 bridgehead atoms. The predicted molar refractivity (Wildman–Crippen MR) is 58.1 cm³/mol. The van der Waals surface area contributed by atoms with E-state index in [2.05, 4.69) is 35.9 Å². The first kappa shape index (κ1) is 9.52. The van der Waals surface area contributed by atoms with Gasteiger partial charge in [-0.3, -0.25) is 0 Å². The van der Waals surface area contributed by atoms with Gasteiger partial charge in [0.05, 0.1) is 6.34 Å². The Balaban J connectivity index is 2.58. The fraction of sp³-hybridized carbons (Fsp3) is 0.182. The minimum atomic E-state index is 1.04. The summed E-state index contributed by atoms with van der Waals surface area (Å²) >= 11 is 0. The van der Waals surface area contributed by atoms with Gasteiger partial charge in [0, 0.05) is 11.9 Å². The van der Waals surface area contributed by atoms with Crippen LogP contribution in [-0.4, -0.2) is 6.34 Å². The maximum atomic E-state index is 3.84. The molecule has 0 aliphatic carbocycles. The van der Waals surface area contributed by atoms with Gasteiger partial charge in [-0.05, 0) is 24.1 Å². The highest BCUT2D eigenvalue weighted by Crippen LogP contribution is 2.08. The molecule has 1 rings (SSSR count). The summed E-state index contributed by atoms with van der Waals surface area (Å²) in [5, 5.41) is 3.03. The second-order valence-electron chi connectivity index (χ2n) is 2.66. The van der Waals surface area contributed by atoms with Crippen molar-refractivity contribution in [2.24, 2.45) is 4.99 Å². The van der Waals surface area contributed by atoms with Crippen LogP contribution in [0.2, 0.25) is 0 Å². The Hall–Kier alpha value is -1.57. The Morgan fingerprint density at radius 1 is 1.38 bits per heavy atom. The van der Waals surface area contributed by atoms with Gasteiger partial charge in [0.25, 0.3) is 0 Å². The zero-order chi connectivity index (χ0) is 9.52. The molecule has 68 valence electrons. The van der Waals surface area contributed by atoms with Crippen molar-refractivity contribution in [2.75, 3.05) is 5.32 Å². The zero-order valence-corrected chi connectivity index (χ0v) is 7.83. The molecule has 0 spiro atoms. The first-order chi connectivity index (χ1) is 6.36. The molecule has 0 atom stereocenters. The lowest BCUT2D eigenvalue weighted by Gasteiger charge is -2.00. The Labute approximate surface area is 79.0 Å². The third-order valence-corrected chi connectivity index (χ3v) is 1.77. The maximum Gasteiger partial charge on any atom is 0.0922 e. The van der Waals surface area contributed by atoms with Crippen LogP contribution in [0.3, 0.4) is 0 Å². The summed E-state index contributed by atoms with van der Waals surface area (Å²) in [5.74, 6) is 0. The first-order valence-electron chi connectivity index (χ1n) is 4.35. The number of aryl methyl sites for hydroxylation is 1. The molecule has 0 aromatic heterocycles. The monoisotopic (exact) mass is 174 g/mol. The molecular formula is C11H14N2. The number of anilines is 1. The highest BCUT2D eigenvalue weighted by Gasteiger charge is 1.89. The van der Waals surface area contributed by atoms with Gasteiger partial charge in [0.2, 0.25) is 0 Å². The second-order valence-corrected chi connectivity index (χ2v) is 2.66. The van der Waals surface area contributed by atoms with Gasteiger partial charge in [0.1, 0.15) is 0 Å². The van der Waals surface area contributed by atoms with E-state index in [-0.39, 0.29) is 0 Å². The van der Waals surface area contributed by atoms with E-state index < -0.39 is 0 Å². The summed E-state index contributed by atoms with van der Waals surface area (Å²) in [6.07, 6.45) is 4.18. The van der Waals surface area contributed by atoms with Crippen molar-refractivity contribution in [2.45, 2.75) is 13.3 Å². The van der Waals surface area contributed by atoms with Gasteiger partial charge in [-0.1, -0.05) is 25.6 Å². The molecule has 2 nitrogen and oxygen atoms in total. The number of hydrogen-bond donors (Lipinski definition) is 1. The van der Waals surface area contributed by atoms with Crippen molar-refractivity contribution in [1.29, 1.82) is 0 Å². The Morgan fingerprint density at radius 2 is 2.08 bits per heavy atom. The van der Waals surface area contributed by atoms with Crippen LogP contribution in [-0.2, 0) is 6.42 Å². The molecule has 0 heterocycles. The molecule has 0 saturated carbocycles. The molecule has 0 amide bonds. The average Bonchev–Trinajstić information content (AvgIpc) is 2.19. The van der Waals surface area contributed by atoms with E-state index >= 15 is 0 Å². The zero-order valence-electron chi connectivity index (χ0n) is 7.83. The van der Waals surface area contributed by atoms with Crippen molar-refractivity contribution in [3.05, 3.63) is 42.6 Å². The fourth-order valence-corrected chi connectivity index (χ4v) is 1.00. The van der Waals surface area contributed by atoms with Crippen LogP contribution in [0.5, 0.6) is 0 Å². The third-order valence-electron chi connectivity index (χ3n) is 1.77. The topological polar surface area (TPSA) is 24.4 Å². The summed E-state index contributed by atoms with van der Waals surface area (Å²) in [6.45, 7) is 5.62. The van der Waals surface area contributed by atoms with E-state index in [0.29, 0.717) is 0 Å². The molecule has 0 radical (unpaired) electrons. The van der Waals surface area contributed by atoms with Gasteiger partial charge in [0.15, 0.2) is 0 Å². The molecule has 2 heteroatoms. The first-order valence-corrected chi connectivity index (χ1v) is 4.35. The largest absolute Gasteiger partial charge is 0.346 e. The van der Waals surface area contributed by atoms with Crippen LogP contribution in [0.4, 0.5) is 5.69 Å². The Kier molecular flexibility index (Phi) is 3.76. The lowest BCUT2D eigenvalue weighted by Crippen LogP contribution is -1.93. The van der Waals surface area contributed by atoms with Crippen LogP contribution < -0.4 is 5.32 Å². The van der Waals surface area contributed by atoms with Gasteiger partial charge in [-0.25, -0.2) is 4.99 Å². The molecule has 1 aromatic carbocycles. The van der Waals surface area contributed by atoms with Crippen molar-refractivity contribution in [3.63, 3.8) is 0 Å². The highest BCUT2D eigenvalue weighted by atomic mass is 14.9. The van der Waals surface area contributed by atoms with E-state index in [1.54, 1.807) is 6.34 Å². The summed E-state index contributed by atoms with van der Waals surface area (Å²) in [6, 6.07) is 8.27. The lowest BCUT2D eigenvalue weighted by molar-refractivity contribution is 1.14. The minimum absolute atomic E-state index is 1.04. The Bertz CT molecular complexity index is 285. The van der Waals surface area contributed by atoms with Crippen LogP contribution in [0.1, 0.15) is 12.5 Å². The van der Waals surface area contributed by atoms with Crippen molar-refractivity contribution in [1.82, 2.24) is 0 Å². The molecule has 0 aliphatic heterocycles. The standard InChI is InChI=1S/C11H14N2/c1-3-10-5-7-11(8-6-10)13-9-12-4-2/h4-9H,2-3H2,1H3,(H,12,13). The molecule has 0 saturated heterocycles. The highest BCUT2D eigenvalue weighted by molar-refractivity contribution is 5.75. The van der Waals surface area contributed by atoms with Gasteiger partial charge in [-0.15, -0.1) is 0 Å². The third kappa shape index (κ3) is 3.11.